The molecule has 12 heteroatoms. The van der Waals surface area contributed by atoms with Crippen molar-refractivity contribution in [3.8, 4) is 29.5 Å². The van der Waals surface area contributed by atoms with Crippen molar-refractivity contribution in [3.63, 3.8) is 0 Å². The molecule has 0 aliphatic rings. The van der Waals surface area contributed by atoms with E-state index >= 15 is 0 Å². The van der Waals surface area contributed by atoms with Gasteiger partial charge in [0.05, 0.1) is 11.1 Å². The van der Waals surface area contributed by atoms with Crippen molar-refractivity contribution in [2.75, 3.05) is 5.32 Å². The highest BCUT2D eigenvalue weighted by Crippen LogP contribution is 2.31. The van der Waals surface area contributed by atoms with E-state index in [9.17, 15) is 9.90 Å². The second-order valence-electron chi connectivity index (χ2n) is 6.73. The van der Waals surface area contributed by atoms with Gasteiger partial charge in [0.1, 0.15) is 28.9 Å². The van der Waals surface area contributed by atoms with Crippen LogP contribution in [0, 0.1) is 23.7 Å². The number of anilines is 1. The fourth-order valence-corrected chi connectivity index (χ4v) is 2.96. The molecule has 0 aliphatic carbocycles. The largest absolute Gasteiger partial charge is 0.478 e. The standard InChI is InChI=1S/C21H16N8O4/c1-10-25-16-17(26-10)28-21(33-13-4-2-3-12(7-13)27-20(23)24)29-18(16)32-14-6-5-11(9-22)15(8-14)19(30)31/h2-8H,1H3,(H,30,31)(H4,23,24,27)(H,25,26,28,29). The van der Waals surface area contributed by atoms with E-state index in [4.69, 9.17) is 25.9 Å². The van der Waals surface area contributed by atoms with E-state index in [0.29, 0.717) is 22.8 Å². The number of fused-ring (bicyclic) bond motifs is 1. The van der Waals surface area contributed by atoms with Crippen molar-refractivity contribution in [2.24, 2.45) is 5.73 Å². The van der Waals surface area contributed by atoms with Gasteiger partial charge in [-0.25, -0.2) is 9.78 Å². The monoisotopic (exact) mass is 444 g/mol. The number of aromatic nitrogens is 4. The molecule has 33 heavy (non-hydrogen) atoms. The molecule has 6 N–H and O–H groups in total. The Kier molecular flexibility index (Phi) is 5.44. The zero-order chi connectivity index (χ0) is 23.5. The van der Waals surface area contributed by atoms with Crippen LogP contribution in [0.5, 0.6) is 23.4 Å². The van der Waals surface area contributed by atoms with E-state index < -0.39 is 5.97 Å². The third-order valence-corrected chi connectivity index (χ3v) is 4.29. The second-order valence-corrected chi connectivity index (χ2v) is 6.73. The summed E-state index contributed by atoms with van der Waals surface area (Å²) in [7, 11) is 0. The zero-order valence-corrected chi connectivity index (χ0v) is 17.1. The summed E-state index contributed by atoms with van der Waals surface area (Å²) in [6, 6.07) is 12.5. The molecule has 0 radical (unpaired) electrons. The van der Waals surface area contributed by atoms with Gasteiger partial charge in [-0.15, -0.1) is 0 Å². The van der Waals surface area contributed by atoms with E-state index in [0.717, 1.165) is 0 Å². The fraction of sp³-hybridized carbons (Fsp3) is 0.0476. The smallest absolute Gasteiger partial charge is 0.337 e. The number of aromatic amines is 1. The maximum Gasteiger partial charge on any atom is 0.337 e. The van der Waals surface area contributed by atoms with Crippen LogP contribution >= 0.6 is 0 Å². The van der Waals surface area contributed by atoms with Gasteiger partial charge in [-0.05, 0) is 37.3 Å². The Hall–Kier alpha value is -5.18. The van der Waals surface area contributed by atoms with E-state index in [1.807, 2.05) is 6.07 Å². The molecule has 0 amide bonds. The highest BCUT2D eigenvalue weighted by atomic mass is 16.5. The topological polar surface area (TPSA) is 196 Å². The molecule has 0 aliphatic heterocycles. The number of imidazole rings is 1. The minimum Gasteiger partial charge on any atom is -0.478 e. The first kappa shape index (κ1) is 21.1. The maximum absolute atomic E-state index is 11.5. The predicted octanol–water partition coefficient (Wildman–Crippen LogP) is 3.12. The van der Waals surface area contributed by atoms with E-state index in [1.54, 1.807) is 31.2 Å². The molecule has 164 valence electrons. The van der Waals surface area contributed by atoms with Crippen LogP contribution in [0.4, 0.5) is 5.69 Å². The molecule has 0 unspecified atom stereocenters. The number of aromatic carboxylic acids is 1. The molecule has 2 aromatic heterocycles. The number of nitrogens with zero attached hydrogens (tertiary/aromatic N) is 4. The summed E-state index contributed by atoms with van der Waals surface area (Å²) in [5.74, 6) is -0.363. The van der Waals surface area contributed by atoms with Crippen LogP contribution in [-0.4, -0.2) is 37.0 Å². The van der Waals surface area contributed by atoms with Gasteiger partial charge in [0.15, 0.2) is 11.6 Å². The number of ether oxygens (including phenoxy) is 2. The molecule has 0 atom stereocenters. The van der Waals surface area contributed by atoms with Gasteiger partial charge >= 0.3 is 12.0 Å². The summed E-state index contributed by atoms with van der Waals surface area (Å²) < 4.78 is 11.6. The van der Waals surface area contributed by atoms with Crippen LogP contribution < -0.4 is 20.5 Å². The minimum atomic E-state index is -1.26. The quantitative estimate of drug-likeness (QED) is 0.218. The molecule has 4 aromatic rings. The average Bonchev–Trinajstić information content (AvgIpc) is 3.14. The summed E-state index contributed by atoms with van der Waals surface area (Å²) in [5, 5.41) is 28.5. The zero-order valence-electron chi connectivity index (χ0n) is 17.1. The lowest BCUT2D eigenvalue weighted by atomic mass is 10.1. The third-order valence-electron chi connectivity index (χ3n) is 4.29. The van der Waals surface area contributed by atoms with Crippen LogP contribution in [0.15, 0.2) is 42.5 Å². The SMILES string of the molecule is Cc1nc2nc(Oc3cccc(NC(=N)N)c3)nc(Oc3ccc(C#N)c(C(=O)O)c3)c2[nH]1. The number of guanidine groups is 1. The molecule has 0 fully saturated rings. The minimum absolute atomic E-state index is 0.00291. The highest BCUT2D eigenvalue weighted by Gasteiger charge is 2.17. The van der Waals surface area contributed by atoms with Crippen molar-refractivity contribution in [1.82, 2.24) is 19.9 Å². The van der Waals surface area contributed by atoms with Crippen molar-refractivity contribution in [3.05, 3.63) is 59.4 Å². The fourth-order valence-electron chi connectivity index (χ4n) is 2.96. The number of carboxylic acids is 1. The number of aryl methyl sites for hydroxylation is 1. The molecule has 0 spiro atoms. The first-order valence-corrected chi connectivity index (χ1v) is 9.41. The predicted molar refractivity (Wildman–Crippen MR) is 117 cm³/mol. The Balaban J connectivity index is 1.71. The van der Waals surface area contributed by atoms with Crippen LogP contribution in [0.2, 0.25) is 0 Å². The van der Waals surface area contributed by atoms with Crippen molar-refractivity contribution >= 4 is 28.8 Å². The number of benzene rings is 2. The number of nitrogens with two attached hydrogens (primary N) is 1. The molecule has 0 bridgehead atoms. The lowest BCUT2D eigenvalue weighted by molar-refractivity contribution is 0.0696. The molecular weight excluding hydrogens is 428 g/mol. The highest BCUT2D eigenvalue weighted by molar-refractivity contribution is 5.91. The Morgan fingerprint density at radius 2 is 1.97 bits per heavy atom. The van der Waals surface area contributed by atoms with Crippen LogP contribution in [-0.2, 0) is 0 Å². The van der Waals surface area contributed by atoms with Gasteiger partial charge in [0, 0.05) is 11.8 Å². The number of rotatable bonds is 6. The van der Waals surface area contributed by atoms with E-state index in [1.165, 1.54) is 18.2 Å². The van der Waals surface area contributed by atoms with Gasteiger partial charge in [0.2, 0.25) is 0 Å². The van der Waals surface area contributed by atoms with Crippen LogP contribution in [0.3, 0.4) is 0 Å². The summed E-state index contributed by atoms with van der Waals surface area (Å²) in [6.07, 6.45) is 0. The van der Waals surface area contributed by atoms with Gasteiger partial charge in [-0.3, -0.25) is 5.41 Å². The van der Waals surface area contributed by atoms with Gasteiger partial charge in [0.25, 0.3) is 5.88 Å². The average molecular weight is 444 g/mol. The van der Waals surface area contributed by atoms with E-state index in [2.05, 4.69) is 25.3 Å². The molecule has 2 heterocycles. The Morgan fingerprint density at radius 3 is 2.70 bits per heavy atom. The number of H-pyrrole nitrogens is 1. The third kappa shape index (κ3) is 4.62. The second kappa shape index (κ2) is 8.52. The summed E-state index contributed by atoms with van der Waals surface area (Å²) >= 11 is 0. The van der Waals surface area contributed by atoms with Crippen LogP contribution in [0.25, 0.3) is 11.2 Å². The van der Waals surface area contributed by atoms with Gasteiger partial charge < -0.3 is 30.6 Å². The number of hydrogen-bond acceptors (Lipinski definition) is 8. The van der Waals surface area contributed by atoms with Gasteiger partial charge in [-0.1, -0.05) is 6.07 Å². The number of nitrogens with one attached hydrogen (secondary N) is 3. The molecule has 2 aromatic carbocycles. The lowest BCUT2D eigenvalue weighted by Crippen LogP contribution is -2.20. The normalized spacial score (nSPS) is 10.4. The Labute approximate surface area is 186 Å². The summed E-state index contributed by atoms with van der Waals surface area (Å²) in [5.41, 5.74) is 6.35. The number of carboxylic acid groups (broad SMARTS) is 1. The van der Waals surface area contributed by atoms with Crippen molar-refractivity contribution in [1.29, 1.82) is 10.7 Å². The number of carbonyl (C=O) groups is 1. The summed E-state index contributed by atoms with van der Waals surface area (Å²) in [4.78, 5) is 27.3. The summed E-state index contributed by atoms with van der Waals surface area (Å²) in [6.45, 7) is 1.73. The first-order valence-electron chi connectivity index (χ1n) is 9.41. The first-order chi connectivity index (χ1) is 15.8. The Bertz CT molecular complexity index is 1440. The van der Waals surface area contributed by atoms with Gasteiger partial charge in [-0.2, -0.15) is 15.2 Å². The lowest BCUT2D eigenvalue weighted by Gasteiger charge is -2.10. The van der Waals surface area contributed by atoms with E-state index in [-0.39, 0.29) is 40.4 Å². The molecule has 12 nitrogen and oxygen atoms in total. The molecular formula is C21H16N8O4. The molecule has 4 rings (SSSR count). The van der Waals surface area contributed by atoms with Crippen LogP contribution in [0.1, 0.15) is 21.7 Å². The van der Waals surface area contributed by atoms with Crippen molar-refractivity contribution < 1.29 is 19.4 Å². The maximum atomic E-state index is 11.5. The molecule has 0 saturated carbocycles. The molecule has 0 saturated heterocycles. The number of nitriles is 1. The number of hydrogen-bond donors (Lipinski definition) is 5. The Morgan fingerprint density at radius 1 is 1.18 bits per heavy atom. The van der Waals surface area contributed by atoms with Crippen molar-refractivity contribution in [2.45, 2.75) is 6.92 Å².